The smallest absolute Gasteiger partial charge is 0.246 e. The second-order valence-corrected chi connectivity index (χ2v) is 7.67. The molecule has 27 heavy (non-hydrogen) atoms. The first-order chi connectivity index (χ1) is 13.2. The molecule has 0 saturated carbocycles. The molecule has 6 nitrogen and oxygen atoms in total. The monoisotopic (exact) mass is 380 g/mol. The lowest BCUT2D eigenvalue weighted by Gasteiger charge is -2.25. The molecule has 1 N–H and O–H groups in total. The highest BCUT2D eigenvalue weighted by atomic mass is 32.1. The van der Waals surface area contributed by atoms with Crippen molar-refractivity contribution in [3.05, 3.63) is 57.7 Å². The van der Waals surface area contributed by atoms with Gasteiger partial charge < -0.3 is 10.2 Å². The van der Waals surface area contributed by atoms with Crippen LogP contribution in [0.1, 0.15) is 28.8 Å². The number of nitrogens with zero attached hydrogens (tertiary/aromatic N) is 3. The van der Waals surface area contributed by atoms with E-state index in [1.54, 1.807) is 29.7 Å². The third-order valence-corrected chi connectivity index (χ3v) is 5.56. The number of fused-ring (bicyclic) bond motifs is 1. The van der Waals surface area contributed by atoms with Gasteiger partial charge in [-0.2, -0.15) is 0 Å². The molecule has 0 fully saturated rings. The van der Waals surface area contributed by atoms with Gasteiger partial charge in [-0.3, -0.25) is 14.6 Å². The van der Waals surface area contributed by atoms with Crippen molar-refractivity contribution in [1.29, 1.82) is 0 Å². The van der Waals surface area contributed by atoms with Gasteiger partial charge in [0.25, 0.3) is 0 Å². The van der Waals surface area contributed by atoms with Gasteiger partial charge in [0, 0.05) is 49.3 Å². The summed E-state index contributed by atoms with van der Waals surface area (Å²) in [6.07, 6.45) is 12.1. The third kappa shape index (κ3) is 4.31. The summed E-state index contributed by atoms with van der Waals surface area (Å²) in [5, 5.41) is 2.76. The van der Waals surface area contributed by atoms with E-state index in [-0.39, 0.29) is 11.8 Å². The lowest BCUT2D eigenvalue weighted by molar-refractivity contribution is -0.125. The molecule has 0 atom stereocenters. The number of amides is 2. The molecule has 2 aromatic heterocycles. The molecular formula is C20H20N4O2S. The highest BCUT2D eigenvalue weighted by molar-refractivity contribution is 7.09. The molecule has 0 saturated heterocycles. The van der Waals surface area contributed by atoms with Crippen LogP contribution in [0.2, 0.25) is 0 Å². The van der Waals surface area contributed by atoms with Crippen molar-refractivity contribution in [3.63, 3.8) is 0 Å². The van der Waals surface area contributed by atoms with Crippen LogP contribution >= 0.6 is 11.3 Å². The summed E-state index contributed by atoms with van der Waals surface area (Å²) in [6, 6.07) is 1.98. The Morgan fingerprint density at radius 3 is 3.00 bits per heavy atom. The van der Waals surface area contributed by atoms with E-state index in [1.807, 2.05) is 22.7 Å². The first-order valence-electron chi connectivity index (χ1n) is 8.98. The Labute approximate surface area is 161 Å². The minimum atomic E-state index is 0.00124. The Bertz CT molecular complexity index is 918. The number of carbonyl (C=O) groups excluding carboxylic acids is 2. The van der Waals surface area contributed by atoms with E-state index in [2.05, 4.69) is 21.4 Å². The fraction of sp³-hybridized carbons (Fsp3) is 0.300. The number of pyridine rings is 1. The van der Waals surface area contributed by atoms with E-state index in [4.69, 9.17) is 0 Å². The maximum atomic E-state index is 12.5. The van der Waals surface area contributed by atoms with Crippen molar-refractivity contribution in [3.8, 4) is 0 Å². The summed E-state index contributed by atoms with van der Waals surface area (Å²) in [5.74, 6) is 0.639. The highest BCUT2D eigenvalue weighted by Gasteiger charge is 2.17. The highest BCUT2D eigenvalue weighted by Crippen LogP contribution is 2.22. The maximum Gasteiger partial charge on any atom is 0.246 e. The Morgan fingerprint density at radius 1 is 1.30 bits per heavy atom. The molecule has 2 aliphatic rings. The number of rotatable bonds is 4. The Kier molecular flexibility index (Phi) is 5.11. The number of hydrogen-bond acceptors (Lipinski definition) is 5. The van der Waals surface area contributed by atoms with Gasteiger partial charge in [-0.25, -0.2) is 4.98 Å². The van der Waals surface area contributed by atoms with Crippen molar-refractivity contribution < 1.29 is 9.59 Å². The van der Waals surface area contributed by atoms with Crippen LogP contribution in [0.25, 0.3) is 6.08 Å². The van der Waals surface area contributed by atoms with Crippen LogP contribution in [-0.2, 0) is 22.4 Å². The summed E-state index contributed by atoms with van der Waals surface area (Å²) >= 11 is 1.67. The standard InChI is InChI=1S/C20H20N4O2S/c25-18-3-2-16-9-15(11-22-20(16)23-18)1-4-19(26)24-7-5-14(6-8-24)10-17-12-21-13-27-17/h1,4-5,9,11-13H,2-3,6-8,10H2,(H,22,23,25)/b4-1+. The fourth-order valence-electron chi connectivity index (χ4n) is 3.26. The second-order valence-electron chi connectivity index (χ2n) is 6.70. The Morgan fingerprint density at radius 2 is 2.22 bits per heavy atom. The van der Waals surface area contributed by atoms with E-state index in [9.17, 15) is 9.59 Å². The van der Waals surface area contributed by atoms with E-state index in [0.29, 0.717) is 25.2 Å². The summed E-state index contributed by atoms with van der Waals surface area (Å²) in [7, 11) is 0. The number of aromatic nitrogens is 2. The average molecular weight is 380 g/mol. The zero-order valence-electron chi connectivity index (χ0n) is 14.9. The first-order valence-corrected chi connectivity index (χ1v) is 9.86. The largest absolute Gasteiger partial charge is 0.335 e. The third-order valence-electron chi connectivity index (χ3n) is 4.78. The predicted octanol–water partition coefficient (Wildman–Crippen LogP) is 2.84. The van der Waals surface area contributed by atoms with Crippen LogP contribution in [0.4, 0.5) is 5.82 Å². The van der Waals surface area contributed by atoms with Crippen LogP contribution < -0.4 is 5.32 Å². The van der Waals surface area contributed by atoms with Gasteiger partial charge in [-0.15, -0.1) is 11.3 Å². The molecule has 0 spiro atoms. The van der Waals surface area contributed by atoms with Crippen molar-refractivity contribution in [2.24, 2.45) is 0 Å². The van der Waals surface area contributed by atoms with Gasteiger partial charge in [0.15, 0.2) is 0 Å². The average Bonchev–Trinajstić information content (AvgIpc) is 3.19. The molecule has 0 unspecified atom stereocenters. The lowest BCUT2D eigenvalue weighted by atomic mass is 10.0. The van der Waals surface area contributed by atoms with Crippen LogP contribution in [-0.4, -0.2) is 39.8 Å². The molecule has 0 radical (unpaired) electrons. The van der Waals surface area contributed by atoms with Crippen molar-refractivity contribution >= 4 is 35.0 Å². The molecule has 138 valence electrons. The van der Waals surface area contributed by atoms with Crippen LogP contribution in [0.3, 0.4) is 0 Å². The normalized spacial score (nSPS) is 16.8. The minimum Gasteiger partial charge on any atom is -0.335 e. The van der Waals surface area contributed by atoms with Gasteiger partial charge >= 0.3 is 0 Å². The van der Waals surface area contributed by atoms with Gasteiger partial charge in [0.1, 0.15) is 5.82 Å². The van der Waals surface area contributed by atoms with E-state index in [0.717, 1.165) is 30.5 Å². The predicted molar refractivity (Wildman–Crippen MR) is 105 cm³/mol. The molecular weight excluding hydrogens is 360 g/mol. The molecule has 2 aliphatic heterocycles. The zero-order chi connectivity index (χ0) is 18.6. The van der Waals surface area contributed by atoms with Gasteiger partial charge in [0.2, 0.25) is 11.8 Å². The molecule has 4 heterocycles. The molecule has 7 heteroatoms. The molecule has 2 aromatic rings. The maximum absolute atomic E-state index is 12.5. The second kappa shape index (κ2) is 7.84. The number of aryl methyl sites for hydroxylation is 1. The number of carbonyl (C=O) groups is 2. The molecule has 4 rings (SSSR count). The summed E-state index contributed by atoms with van der Waals surface area (Å²) < 4.78 is 0. The Balaban J connectivity index is 1.35. The van der Waals surface area contributed by atoms with Gasteiger partial charge in [0.05, 0.1) is 5.51 Å². The topological polar surface area (TPSA) is 75.2 Å². The van der Waals surface area contributed by atoms with Gasteiger partial charge in [-0.1, -0.05) is 11.6 Å². The van der Waals surface area contributed by atoms with E-state index in [1.165, 1.54) is 10.5 Å². The van der Waals surface area contributed by atoms with E-state index >= 15 is 0 Å². The van der Waals surface area contributed by atoms with Crippen LogP contribution in [0.15, 0.2) is 41.7 Å². The zero-order valence-corrected chi connectivity index (χ0v) is 15.7. The van der Waals surface area contributed by atoms with E-state index < -0.39 is 0 Å². The van der Waals surface area contributed by atoms with Crippen LogP contribution in [0.5, 0.6) is 0 Å². The Hall–Kier alpha value is -2.80. The van der Waals surface area contributed by atoms with Crippen molar-refractivity contribution in [2.45, 2.75) is 25.7 Å². The number of anilines is 1. The summed E-state index contributed by atoms with van der Waals surface area (Å²) in [5.41, 5.74) is 5.10. The first kappa shape index (κ1) is 17.6. The quantitative estimate of drug-likeness (QED) is 0.654. The summed E-state index contributed by atoms with van der Waals surface area (Å²) in [6.45, 7) is 1.38. The minimum absolute atomic E-state index is 0.00124. The molecule has 0 aliphatic carbocycles. The summed E-state index contributed by atoms with van der Waals surface area (Å²) in [4.78, 5) is 35.3. The molecule has 0 aromatic carbocycles. The van der Waals surface area contributed by atoms with Crippen molar-refractivity contribution in [2.75, 3.05) is 18.4 Å². The van der Waals surface area contributed by atoms with Gasteiger partial charge in [-0.05, 0) is 36.1 Å². The van der Waals surface area contributed by atoms with Crippen molar-refractivity contribution in [1.82, 2.24) is 14.9 Å². The lowest BCUT2D eigenvalue weighted by Crippen LogP contribution is -2.33. The number of hydrogen-bond donors (Lipinski definition) is 1. The SMILES string of the molecule is O=C1CCc2cc(/C=C/C(=O)N3CC=C(Cc4cncs4)CC3)cnc2N1. The molecule has 2 amide bonds. The fourth-order valence-corrected chi connectivity index (χ4v) is 3.91. The number of nitrogens with one attached hydrogen (secondary N) is 1. The van der Waals surface area contributed by atoms with Crippen LogP contribution in [0, 0.1) is 0 Å². The number of thiazole rings is 1. The molecule has 0 bridgehead atoms.